The van der Waals surface area contributed by atoms with Gasteiger partial charge in [0.15, 0.2) is 23.0 Å². The van der Waals surface area contributed by atoms with Crippen LogP contribution in [-0.2, 0) is 19.4 Å². The molecule has 22 heavy (non-hydrogen) atoms. The second-order valence-electron chi connectivity index (χ2n) is 6.09. The van der Waals surface area contributed by atoms with Crippen LogP contribution in [0.4, 0.5) is 0 Å². The van der Waals surface area contributed by atoms with Gasteiger partial charge in [0.25, 0.3) is 0 Å². The fraction of sp³-hybridized carbons (Fsp3) is 0.294. The molecule has 5 heteroatoms. The van der Waals surface area contributed by atoms with Crippen LogP contribution in [0.15, 0.2) is 24.3 Å². The first kappa shape index (κ1) is 13.3. The maximum atomic E-state index is 9.80. The van der Waals surface area contributed by atoms with Gasteiger partial charge in [-0.2, -0.15) is 0 Å². The van der Waals surface area contributed by atoms with E-state index in [-0.39, 0.29) is 29.0 Å². The fourth-order valence-corrected chi connectivity index (χ4v) is 3.64. The van der Waals surface area contributed by atoms with Crippen LogP contribution in [-0.4, -0.2) is 31.9 Å². The van der Waals surface area contributed by atoms with Gasteiger partial charge in [-0.05, 0) is 59.4 Å². The van der Waals surface area contributed by atoms with Crippen LogP contribution >= 0.6 is 0 Å². The molecule has 5 nitrogen and oxygen atoms in total. The van der Waals surface area contributed by atoms with Crippen LogP contribution < -0.4 is 0 Å². The van der Waals surface area contributed by atoms with E-state index in [0.717, 1.165) is 35.2 Å². The first-order valence-corrected chi connectivity index (χ1v) is 7.35. The summed E-state index contributed by atoms with van der Waals surface area (Å²) in [4.78, 5) is 2.30. The van der Waals surface area contributed by atoms with E-state index < -0.39 is 0 Å². The molecule has 2 aromatic carbocycles. The van der Waals surface area contributed by atoms with Crippen molar-refractivity contribution in [2.75, 3.05) is 6.54 Å². The molecule has 0 aromatic heterocycles. The number of phenolic OH excluding ortho intramolecular Hbond substituents is 4. The van der Waals surface area contributed by atoms with Crippen molar-refractivity contribution < 1.29 is 20.4 Å². The second-order valence-corrected chi connectivity index (χ2v) is 6.09. The molecule has 2 heterocycles. The zero-order valence-electron chi connectivity index (χ0n) is 12.0. The van der Waals surface area contributed by atoms with Crippen LogP contribution in [0.5, 0.6) is 23.0 Å². The molecular formula is C17H17NO4. The molecule has 0 bridgehead atoms. The Morgan fingerprint density at radius 2 is 1.36 bits per heavy atom. The first-order valence-electron chi connectivity index (χ1n) is 7.35. The van der Waals surface area contributed by atoms with Crippen molar-refractivity contribution in [1.29, 1.82) is 0 Å². The molecule has 0 aliphatic carbocycles. The Morgan fingerprint density at radius 3 is 2.09 bits per heavy atom. The molecule has 0 saturated heterocycles. The average Bonchev–Trinajstić information content (AvgIpc) is 2.48. The Bertz CT molecular complexity index is 772. The van der Waals surface area contributed by atoms with Gasteiger partial charge >= 0.3 is 0 Å². The van der Waals surface area contributed by atoms with Crippen molar-refractivity contribution >= 4 is 0 Å². The predicted octanol–water partition coefficient (Wildman–Crippen LogP) is 2.16. The van der Waals surface area contributed by atoms with E-state index >= 15 is 0 Å². The van der Waals surface area contributed by atoms with Crippen LogP contribution in [0.3, 0.4) is 0 Å². The van der Waals surface area contributed by atoms with Gasteiger partial charge in [0.2, 0.25) is 0 Å². The fourth-order valence-electron chi connectivity index (χ4n) is 3.64. The lowest BCUT2D eigenvalue weighted by atomic mass is 9.83. The van der Waals surface area contributed by atoms with E-state index in [4.69, 9.17) is 0 Å². The minimum Gasteiger partial charge on any atom is -0.504 e. The highest BCUT2D eigenvalue weighted by Crippen LogP contribution is 2.43. The van der Waals surface area contributed by atoms with Gasteiger partial charge in [0.05, 0.1) is 0 Å². The molecule has 114 valence electrons. The normalized spacial score (nSPS) is 20.1. The summed E-state index contributed by atoms with van der Waals surface area (Å²) in [5.74, 6) is -0.361. The molecule has 0 fully saturated rings. The van der Waals surface area contributed by atoms with Crippen LogP contribution in [0.2, 0.25) is 0 Å². The van der Waals surface area contributed by atoms with Crippen LogP contribution in [0.25, 0.3) is 0 Å². The van der Waals surface area contributed by atoms with Crippen molar-refractivity contribution in [3.05, 3.63) is 46.5 Å². The third kappa shape index (κ3) is 1.89. The topological polar surface area (TPSA) is 84.2 Å². The average molecular weight is 299 g/mol. The van der Waals surface area contributed by atoms with Gasteiger partial charge in [-0.25, -0.2) is 0 Å². The third-order valence-electron chi connectivity index (χ3n) is 4.79. The van der Waals surface area contributed by atoms with Gasteiger partial charge in [0.1, 0.15) is 0 Å². The number of hydrogen-bond donors (Lipinski definition) is 4. The Labute approximate surface area is 127 Å². The third-order valence-corrected chi connectivity index (χ3v) is 4.79. The molecule has 0 saturated carbocycles. The molecule has 4 rings (SSSR count). The minimum absolute atomic E-state index is 0.0778. The number of benzene rings is 2. The molecular weight excluding hydrogens is 282 g/mol. The van der Waals surface area contributed by atoms with Crippen molar-refractivity contribution in [2.45, 2.75) is 25.4 Å². The summed E-state index contributed by atoms with van der Waals surface area (Å²) in [6.07, 6.45) is 1.53. The van der Waals surface area contributed by atoms with Crippen molar-refractivity contribution in [3.8, 4) is 23.0 Å². The number of hydrogen-bond acceptors (Lipinski definition) is 5. The van der Waals surface area contributed by atoms with Gasteiger partial charge in [-0.15, -0.1) is 0 Å². The molecule has 0 spiro atoms. The molecule has 1 atom stereocenters. The van der Waals surface area contributed by atoms with E-state index in [1.807, 2.05) is 0 Å². The van der Waals surface area contributed by atoms with Crippen molar-refractivity contribution in [3.63, 3.8) is 0 Å². The highest BCUT2D eigenvalue weighted by molar-refractivity contribution is 5.51. The molecule has 0 unspecified atom stereocenters. The lowest BCUT2D eigenvalue weighted by molar-refractivity contribution is 0.160. The molecule has 4 N–H and O–H groups in total. The number of nitrogens with zero attached hydrogens (tertiary/aromatic N) is 1. The minimum atomic E-state index is -0.100. The van der Waals surface area contributed by atoms with E-state index in [9.17, 15) is 20.4 Å². The largest absolute Gasteiger partial charge is 0.504 e. The molecule has 2 aliphatic rings. The van der Waals surface area contributed by atoms with E-state index in [2.05, 4.69) is 4.90 Å². The monoisotopic (exact) mass is 299 g/mol. The highest BCUT2D eigenvalue weighted by atomic mass is 16.3. The summed E-state index contributed by atoms with van der Waals surface area (Å²) in [5.41, 5.74) is 4.12. The summed E-state index contributed by atoms with van der Waals surface area (Å²) >= 11 is 0. The number of fused-ring (bicyclic) bond motifs is 4. The predicted molar refractivity (Wildman–Crippen MR) is 80.1 cm³/mol. The van der Waals surface area contributed by atoms with Gasteiger partial charge in [0, 0.05) is 19.1 Å². The Balaban J connectivity index is 1.79. The maximum absolute atomic E-state index is 9.80. The SMILES string of the molecule is Oc1cc2c(cc1O)CN1CCc3cc(O)c(O)cc3[C@H]1C2. The van der Waals surface area contributed by atoms with Gasteiger partial charge in [-0.1, -0.05) is 0 Å². The zero-order valence-corrected chi connectivity index (χ0v) is 12.0. The molecule has 2 aliphatic heterocycles. The number of aromatic hydroxyl groups is 4. The summed E-state index contributed by atoms with van der Waals surface area (Å²) < 4.78 is 0. The zero-order chi connectivity index (χ0) is 15.4. The lowest BCUT2D eigenvalue weighted by Gasteiger charge is -2.41. The standard InChI is InChI=1S/C17H17NO4/c19-14-4-9-1-2-18-8-11-6-16(21)15(20)5-10(11)3-13(18)12(9)7-17(14)22/h4-7,13,19-22H,1-3,8H2/t13-/m1/s1. The second kappa shape index (κ2) is 4.55. The summed E-state index contributed by atoms with van der Waals surface area (Å²) in [5, 5.41) is 38.8. The number of rotatable bonds is 0. The summed E-state index contributed by atoms with van der Waals surface area (Å²) in [7, 11) is 0. The lowest BCUT2D eigenvalue weighted by Crippen LogP contribution is -2.39. The summed E-state index contributed by atoms with van der Waals surface area (Å²) in [6, 6.07) is 6.66. The van der Waals surface area contributed by atoms with Crippen LogP contribution in [0, 0.1) is 0 Å². The maximum Gasteiger partial charge on any atom is 0.157 e. The van der Waals surface area contributed by atoms with Gasteiger partial charge in [-0.3, -0.25) is 4.90 Å². The first-order chi connectivity index (χ1) is 10.5. The van der Waals surface area contributed by atoms with Gasteiger partial charge < -0.3 is 20.4 Å². The Hall–Kier alpha value is -2.40. The molecule has 0 radical (unpaired) electrons. The highest BCUT2D eigenvalue weighted by Gasteiger charge is 2.33. The smallest absolute Gasteiger partial charge is 0.157 e. The quantitative estimate of drug-likeness (QED) is 0.560. The van der Waals surface area contributed by atoms with E-state index in [0.29, 0.717) is 13.0 Å². The van der Waals surface area contributed by atoms with Crippen molar-refractivity contribution in [2.24, 2.45) is 0 Å². The Kier molecular flexibility index (Phi) is 2.74. The molecule has 0 amide bonds. The van der Waals surface area contributed by atoms with Crippen LogP contribution in [0.1, 0.15) is 28.3 Å². The Morgan fingerprint density at radius 1 is 0.773 bits per heavy atom. The summed E-state index contributed by atoms with van der Waals surface area (Å²) in [6.45, 7) is 1.57. The van der Waals surface area contributed by atoms with Crippen molar-refractivity contribution in [1.82, 2.24) is 4.90 Å². The van der Waals surface area contributed by atoms with E-state index in [1.165, 1.54) is 0 Å². The van der Waals surface area contributed by atoms with E-state index in [1.54, 1.807) is 24.3 Å². The number of phenols is 4. The molecule has 2 aromatic rings.